The first-order chi connectivity index (χ1) is 6.81. The van der Waals surface area contributed by atoms with Crippen molar-refractivity contribution in [2.75, 3.05) is 13.2 Å². The molecule has 0 saturated heterocycles. The van der Waals surface area contributed by atoms with Crippen LogP contribution in [0.5, 0.6) is 0 Å². The normalized spacial score (nSPS) is 15.9. The molecule has 0 saturated carbocycles. The molecule has 0 rings (SSSR count). The topological polar surface area (TPSA) is 95.6 Å². The zero-order valence-corrected chi connectivity index (χ0v) is 9.71. The minimum absolute atomic E-state index is 0.00127. The van der Waals surface area contributed by atoms with Gasteiger partial charge in [-0.2, -0.15) is 0 Å². The van der Waals surface area contributed by atoms with Gasteiger partial charge in [-0.05, 0) is 19.8 Å². The lowest BCUT2D eigenvalue weighted by Crippen LogP contribution is -2.56. The predicted molar refractivity (Wildman–Crippen MR) is 58.2 cm³/mol. The van der Waals surface area contributed by atoms with Gasteiger partial charge >= 0.3 is 0 Å². The molecule has 1 amide bonds. The highest BCUT2D eigenvalue weighted by Gasteiger charge is 2.31. The molecule has 0 aromatic rings. The van der Waals surface area contributed by atoms with Crippen LogP contribution in [0.3, 0.4) is 0 Å². The summed E-state index contributed by atoms with van der Waals surface area (Å²) in [6.45, 7) is 4.73. The van der Waals surface area contributed by atoms with Crippen LogP contribution in [0.15, 0.2) is 0 Å². The number of hydrogen-bond acceptors (Lipinski definition) is 4. The van der Waals surface area contributed by atoms with E-state index < -0.39 is 17.7 Å². The zero-order chi connectivity index (χ0) is 12.1. The Morgan fingerprint density at radius 3 is 2.20 bits per heavy atom. The third-order valence-electron chi connectivity index (χ3n) is 2.68. The smallest absolute Gasteiger partial charge is 0.240 e. The van der Waals surface area contributed by atoms with Crippen molar-refractivity contribution in [3.05, 3.63) is 0 Å². The molecule has 0 radical (unpaired) electrons. The lowest BCUT2D eigenvalue weighted by Gasteiger charge is -2.28. The summed E-state index contributed by atoms with van der Waals surface area (Å²) in [5.41, 5.74) is 3.68. The fraction of sp³-hybridized carbons (Fsp3) is 0.900. The van der Waals surface area contributed by atoms with Crippen LogP contribution in [0, 0.1) is 0 Å². The van der Waals surface area contributed by atoms with Crippen LogP contribution in [0.2, 0.25) is 0 Å². The van der Waals surface area contributed by atoms with Crippen molar-refractivity contribution in [1.29, 1.82) is 0 Å². The van der Waals surface area contributed by atoms with Crippen LogP contribution in [-0.4, -0.2) is 40.4 Å². The number of aliphatic hydroxyl groups excluding tert-OH is 1. The van der Waals surface area contributed by atoms with E-state index in [1.54, 1.807) is 0 Å². The Kier molecular flexibility index (Phi) is 5.20. The summed E-state index contributed by atoms with van der Waals surface area (Å²) in [5.74, 6) is -0.291. The third-order valence-corrected chi connectivity index (χ3v) is 2.68. The molecule has 0 spiro atoms. The van der Waals surface area contributed by atoms with Crippen LogP contribution in [0.1, 0.15) is 33.6 Å². The highest BCUT2D eigenvalue weighted by Crippen LogP contribution is 2.11. The van der Waals surface area contributed by atoms with Gasteiger partial charge in [0.1, 0.15) is 5.60 Å². The first kappa shape index (κ1) is 14.3. The van der Waals surface area contributed by atoms with Crippen molar-refractivity contribution in [1.82, 2.24) is 5.32 Å². The van der Waals surface area contributed by atoms with E-state index in [2.05, 4.69) is 5.32 Å². The average Bonchev–Trinajstić information content (AvgIpc) is 2.24. The summed E-state index contributed by atoms with van der Waals surface area (Å²) in [5, 5.41) is 20.8. The maximum absolute atomic E-state index is 11.7. The summed E-state index contributed by atoms with van der Waals surface area (Å²) >= 11 is 0. The van der Waals surface area contributed by atoms with Crippen LogP contribution < -0.4 is 11.1 Å². The Bertz CT molecular complexity index is 213. The Labute approximate surface area is 90.7 Å². The third kappa shape index (κ3) is 4.15. The predicted octanol–water partition coefficient (Wildman–Crippen LogP) is -0.637. The zero-order valence-electron chi connectivity index (χ0n) is 9.71. The van der Waals surface area contributed by atoms with Gasteiger partial charge in [-0.3, -0.25) is 4.79 Å². The summed E-state index contributed by atoms with van der Waals surface area (Å²) in [4.78, 5) is 11.7. The largest absolute Gasteiger partial charge is 0.393 e. The summed E-state index contributed by atoms with van der Waals surface area (Å²) < 4.78 is 0. The van der Waals surface area contributed by atoms with Crippen LogP contribution in [-0.2, 0) is 4.79 Å². The fourth-order valence-corrected chi connectivity index (χ4v) is 1.07. The van der Waals surface area contributed by atoms with E-state index in [9.17, 15) is 9.90 Å². The number of amides is 1. The van der Waals surface area contributed by atoms with Gasteiger partial charge in [0.25, 0.3) is 0 Å². The van der Waals surface area contributed by atoms with Crippen LogP contribution in [0.4, 0.5) is 0 Å². The lowest BCUT2D eigenvalue weighted by molar-refractivity contribution is -0.128. The Morgan fingerprint density at radius 2 is 1.87 bits per heavy atom. The molecule has 90 valence electrons. The molecule has 1 unspecified atom stereocenters. The van der Waals surface area contributed by atoms with E-state index in [0.29, 0.717) is 12.8 Å². The van der Waals surface area contributed by atoms with Crippen LogP contribution >= 0.6 is 0 Å². The molecule has 0 bridgehead atoms. The number of rotatable bonds is 6. The van der Waals surface area contributed by atoms with Gasteiger partial charge in [0.2, 0.25) is 5.91 Å². The Hall–Kier alpha value is -0.650. The quantitative estimate of drug-likeness (QED) is 0.477. The molecule has 0 aliphatic heterocycles. The Morgan fingerprint density at radius 1 is 1.40 bits per heavy atom. The van der Waals surface area contributed by atoms with E-state index in [-0.39, 0.29) is 12.5 Å². The van der Waals surface area contributed by atoms with Crippen molar-refractivity contribution < 1.29 is 15.0 Å². The summed E-state index contributed by atoms with van der Waals surface area (Å²) in [6.07, 6.45) is 1.08. The minimum Gasteiger partial charge on any atom is -0.393 e. The first-order valence-corrected chi connectivity index (χ1v) is 5.21. The molecule has 5 nitrogen and oxygen atoms in total. The number of aliphatic hydroxyl groups is 2. The van der Waals surface area contributed by atoms with Crippen molar-refractivity contribution >= 4 is 5.91 Å². The SMILES string of the molecule is CCC(N)(CC)C(=O)NCC(C)(O)CO. The molecule has 0 aromatic heterocycles. The lowest BCUT2D eigenvalue weighted by atomic mass is 9.93. The number of carbonyl (C=O) groups excluding carboxylic acids is 1. The van der Waals surface area contributed by atoms with Crippen molar-refractivity contribution in [2.24, 2.45) is 5.73 Å². The second-order valence-corrected chi connectivity index (χ2v) is 4.20. The van der Waals surface area contributed by atoms with Crippen molar-refractivity contribution in [3.8, 4) is 0 Å². The summed E-state index contributed by atoms with van der Waals surface area (Å²) in [6, 6.07) is 0. The monoisotopic (exact) mass is 218 g/mol. The molecular weight excluding hydrogens is 196 g/mol. The highest BCUT2D eigenvalue weighted by molar-refractivity contribution is 5.85. The standard InChI is InChI=1S/C10H22N2O3/c1-4-10(11,5-2)8(14)12-6-9(3,15)7-13/h13,15H,4-7,11H2,1-3H3,(H,12,14). The molecule has 0 fully saturated rings. The average molecular weight is 218 g/mol. The van der Waals surface area contributed by atoms with Gasteiger partial charge in [0, 0.05) is 6.54 Å². The van der Waals surface area contributed by atoms with E-state index in [4.69, 9.17) is 10.8 Å². The fourth-order valence-electron chi connectivity index (χ4n) is 1.07. The van der Waals surface area contributed by atoms with E-state index in [1.165, 1.54) is 6.92 Å². The molecular formula is C10H22N2O3. The molecule has 5 N–H and O–H groups in total. The maximum Gasteiger partial charge on any atom is 0.240 e. The molecule has 0 aliphatic rings. The second-order valence-electron chi connectivity index (χ2n) is 4.20. The van der Waals surface area contributed by atoms with E-state index >= 15 is 0 Å². The van der Waals surface area contributed by atoms with Crippen LogP contribution in [0.25, 0.3) is 0 Å². The number of nitrogens with two attached hydrogens (primary N) is 1. The van der Waals surface area contributed by atoms with E-state index in [0.717, 1.165) is 0 Å². The molecule has 1 atom stereocenters. The maximum atomic E-state index is 11.7. The van der Waals surface area contributed by atoms with Gasteiger partial charge < -0.3 is 21.3 Å². The first-order valence-electron chi connectivity index (χ1n) is 5.21. The number of hydrogen-bond donors (Lipinski definition) is 4. The van der Waals surface area contributed by atoms with Gasteiger partial charge in [-0.15, -0.1) is 0 Å². The molecule has 15 heavy (non-hydrogen) atoms. The molecule has 0 aromatic carbocycles. The molecule has 0 aliphatic carbocycles. The molecule has 0 heterocycles. The number of nitrogens with one attached hydrogen (secondary N) is 1. The van der Waals surface area contributed by atoms with Crippen molar-refractivity contribution in [2.45, 2.75) is 44.8 Å². The van der Waals surface area contributed by atoms with Gasteiger partial charge in [-0.1, -0.05) is 13.8 Å². The van der Waals surface area contributed by atoms with E-state index in [1.807, 2.05) is 13.8 Å². The van der Waals surface area contributed by atoms with Crippen molar-refractivity contribution in [3.63, 3.8) is 0 Å². The molecule has 5 heteroatoms. The summed E-state index contributed by atoms with van der Waals surface area (Å²) in [7, 11) is 0. The van der Waals surface area contributed by atoms with Gasteiger partial charge in [-0.25, -0.2) is 0 Å². The van der Waals surface area contributed by atoms with Gasteiger partial charge in [0.05, 0.1) is 12.1 Å². The number of carbonyl (C=O) groups is 1. The Balaban J connectivity index is 4.26. The van der Waals surface area contributed by atoms with Gasteiger partial charge in [0.15, 0.2) is 0 Å². The minimum atomic E-state index is -1.29. The second kappa shape index (κ2) is 5.44. The highest BCUT2D eigenvalue weighted by atomic mass is 16.3.